The fourth-order valence-electron chi connectivity index (χ4n) is 2.73. The first kappa shape index (κ1) is 29.7. The molecule has 178 valence electrons. The fraction of sp³-hybridized carbons (Fsp3) is 0.435. The average Bonchev–Trinajstić information content (AvgIpc) is 2.75. The van der Waals surface area contributed by atoms with Crippen LogP contribution in [0.15, 0.2) is 30.3 Å². The Kier molecular flexibility index (Phi) is 12.8. The second-order valence-electron chi connectivity index (χ2n) is 6.94. The van der Waals surface area contributed by atoms with Gasteiger partial charge in [-0.05, 0) is 47.9 Å². The third-order valence-electron chi connectivity index (χ3n) is 4.61. The first-order valence-electron chi connectivity index (χ1n) is 10.0. The van der Waals surface area contributed by atoms with Gasteiger partial charge in [0, 0.05) is 39.0 Å². The maximum Gasteiger partial charge on any atom is 1.00 e. The molecule has 7 nitrogen and oxygen atoms in total. The number of aryl methyl sites for hydroxylation is 1. The Balaban J connectivity index is 0.00000544. The topological polar surface area (TPSA) is 72.5 Å². The van der Waals surface area contributed by atoms with Crippen molar-refractivity contribution in [1.82, 2.24) is 0 Å². The van der Waals surface area contributed by atoms with Gasteiger partial charge in [0.25, 0.3) is 0 Å². The Labute approximate surface area is 215 Å². The van der Waals surface area contributed by atoms with Gasteiger partial charge in [-0.25, -0.2) is 0 Å². The van der Waals surface area contributed by atoms with Gasteiger partial charge in [0.1, 0.15) is 17.2 Å². The summed E-state index contributed by atoms with van der Waals surface area (Å²) in [6.45, 7) is 7.10. The van der Waals surface area contributed by atoms with Crippen molar-refractivity contribution < 1.29 is 53.5 Å². The molecule has 0 N–H and O–H groups in total. The Morgan fingerprint density at radius 1 is 0.909 bits per heavy atom. The van der Waals surface area contributed by atoms with Crippen LogP contribution < -0.4 is 38.4 Å². The minimum atomic E-state index is -0.571. The smallest absolute Gasteiger partial charge is 1.00 e. The molecule has 0 fully saturated rings. The van der Waals surface area contributed by atoms with E-state index in [1.807, 2.05) is 19.1 Å². The molecule has 0 heterocycles. The normalized spacial score (nSPS) is 13.8. The van der Waals surface area contributed by atoms with E-state index in [0.717, 1.165) is 5.56 Å². The zero-order valence-electron chi connectivity index (χ0n) is 21.4. The van der Waals surface area contributed by atoms with Crippen LogP contribution in [0.25, 0.3) is 0 Å². The van der Waals surface area contributed by atoms with E-state index in [1.165, 1.54) is 14.2 Å². The van der Waals surface area contributed by atoms with Crippen LogP contribution in [-0.4, -0.2) is 45.7 Å². The third kappa shape index (κ3) is 8.46. The molecule has 0 aliphatic rings. The van der Waals surface area contributed by atoms with Crippen LogP contribution in [0.4, 0.5) is 0 Å². The minimum Gasteiger partial charge on any atom is -1.00 e. The summed E-state index contributed by atoms with van der Waals surface area (Å²) >= 11 is 6.33. The molecule has 0 bridgehead atoms. The average molecular weight is 493 g/mol. The second-order valence-corrected chi connectivity index (χ2v) is 8.56. The standard InChI is InChI=1S/C23H30ClO7P.Li.H/c1-13-9-8-10-18(24)21(13)23(25)32-22-19(30-15(3)27-6)11-17(29-14(2)26-5)12-20(22)31-16(4)28-7;;/h8-12,14-16,32H,1-7H3;;/q;+1;-1. The monoisotopic (exact) mass is 492 g/mol. The predicted molar refractivity (Wildman–Crippen MR) is 127 cm³/mol. The molecule has 2 aromatic carbocycles. The zero-order chi connectivity index (χ0) is 23.8. The molecule has 33 heavy (non-hydrogen) atoms. The van der Waals surface area contributed by atoms with Gasteiger partial charge in [-0.15, -0.1) is 0 Å². The van der Waals surface area contributed by atoms with Crippen molar-refractivity contribution >= 4 is 31.0 Å². The Morgan fingerprint density at radius 2 is 1.39 bits per heavy atom. The molecule has 0 spiro atoms. The Morgan fingerprint density at radius 3 is 1.85 bits per heavy atom. The van der Waals surface area contributed by atoms with Crippen LogP contribution in [0, 0.1) is 6.92 Å². The number of benzene rings is 2. The van der Waals surface area contributed by atoms with Gasteiger partial charge >= 0.3 is 18.9 Å². The Bertz CT molecular complexity index is 881. The summed E-state index contributed by atoms with van der Waals surface area (Å²) in [6.07, 6.45) is -1.65. The molecule has 0 saturated heterocycles. The van der Waals surface area contributed by atoms with Gasteiger partial charge in [-0.2, -0.15) is 0 Å². The number of hydrogen-bond acceptors (Lipinski definition) is 7. The molecule has 0 saturated carbocycles. The van der Waals surface area contributed by atoms with Crippen molar-refractivity contribution in [3.8, 4) is 17.2 Å². The van der Waals surface area contributed by atoms with Crippen LogP contribution >= 0.6 is 20.2 Å². The molecule has 0 aromatic heterocycles. The molecule has 4 atom stereocenters. The van der Waals surface area contributed by atoms with Crippen LogP contribution in [0.1, 0.15) is 38.1 Å². The number of rotatable bonds is 12. The van der Waals surface area contributed by atoms with E-state index in [2.05, 4.69) is 0 Å². The minimum absolute atomic E-state index is 0. The van der Waals surface area contributed by atoms with E-state index in [-0.39, 0.29) is 34.4 Å². The summed E-state index contributed by atoms with van der Waals surface area (Å²) in [6, 6.07) is 8.73. The molecule has 0 aliphatic carbocycles. The number of hydrogen-bond donors (Lipinski definition) is 0. The van der Waals surface area contributed by atoms with Crippen LogP contribution in [0.2, 0.25) is 5.02 Å². The summed E-state index contributed by atoms with van der Waals surface area (Å²) in [5, 5.41) is 0.955. The van der Waals surface area contributed by atoms with Gasteiger partial charge in [0.2, 0.25) is 0 Å². The number of carbonyl (C=O) groups is 1. The summed E-state index contributed by atoms with van der Waals surface area (Å²) in [7, 11) is 4.27. The van der Waals surface area contributed by atoms with Crippen LogP contribution in [0.3, 0.4) is 0 Å². The summed E-state index contributed by atoms with van der Waals surface area (Å²) in [5.41, 5.74) is 1.12. The van der Waals surface area contributed by atoms with Gasteiger partial charge in [-0.3, -0.25) is 4.79 Å². The van der Waals surface area contributed by atoms with E-state index in [0.29, 0.717) is 33.1 Å². The molecule has 0 amide bonds. The van der Waals surface area contributed by atoms with Crippen LogP contribution in [-0.2, 0) is 14.2 Å². The molecule has 4 unspecified atom stereocenters. The maximum atomic E-state index is 13.3. The SMILES string of the molecule is COC(C)Oc1cc(OC(C)OC)c(PC(=O)c2c(C)cccc2Cl)c(OC(C)OC)c1.[H-].[Li+]. The van der Waals surface area contributed by atoms with Crippen molar-refractivity contribution in [2.45, 2.75) is 46.6 Å². The van der Waals surface area contributed by atoms with Crippen molar-refractivity contribution in [2.75, 3.05) is 21.3 Å². The van der Waals surface area contributed by atoms with E-state index in [1.54, 1.807) is 46.1 Å². The molecule has 2 aromatic rings. The first-order chi connectivity index (χ1) is 15.2. The van der Waals surface area contributed by atoms with E-state index >= 15 is 0 Å². The van der Waals surface area contributed by atoms with Gasteiger partial charge in [0.05, 0.1) is 10.3 Å². The number of carbonyl (C=O) groups excluding carboxylic acids is 1. The zero-order valence-corrected chi connectivity index (χ0v) is 22.1. The largest absolute Gasteiger partial charge is 1.00 e. The Hall–Kier alpha value is -1.29. The third-order valence-corrected chi connectivity index (χ3v) is 6.15. The second kappa shape index (κ2) is 14.2. The van der Waals surface area contributed by atoms with Crippen molar-refractivity contribution in [3.63, 3.8) is 0 Å². The molecule has 0 aliphatic heterocycles. The maximum absolute atomic E-state index is 13.3. The van der Waals surface area contributed by atoms with Crippen molar-refractivity contribution in [3.05, 3.63) is 46.5 Å². The number of ether oxygens (including phenoxy) is 6. The number of methoxy groups -OCH3 is 3. The summed E-state index contributed by atoms with van der Waals surface area (Å²) < 4.78 is 33.4. The first-order valence-corrected chi connectivity index (χ1v) is 11.4. The molecule has 2 rings (SSSR count). The summed E-state index contributed by atoms with van der Waals surface area (Å²) in [5.74, 6) is 1.25. The summed E-state index contributed by atoms with van der Waals surface area (Å²) in [4.78, 5) is 13.3. The molecular formula is C23H31ClLiO7P. The van der Waals surface area contributed by atoms with Gasteiger partial charge in [-0.1, -0.05) is 23.7 Å². The quantitative estimate of drug-likeness (QED) is 0.255. The molecule has 10 heteroatoms. The van der Waals surface area contributed by atoms with Gasteiger partial charge in [0.15, 0.2) is 24.4 Å². The predicted octanol–water partition coefficient (Wildman–Crippen LogP) is 2.02. The van der Waals surface area contributed by atoms with E-state index < -0.39 is 18.9 Å². The van der Waals surface area contributed by atoms with Crippen molar-refractivity contribution in [1.29, 1.82) is 0 Å². The van der Waals surface area contributed by atoms with Crippen molar-refractivity contribution in [2.24, 2.45) is 0 Å². The molecule has 0 radical (unpaired) electrons. The van der Waals surface area contributed by atoms with E-state index in [4.69, 9.17) is 40.0 Å². The fourth-order valence-corrected chi connectivity index (χ4v) is 4.31. The molecular weight excluding hydrogens is 462 g/mol. The number of halogens is 1. The van der Waals surface area contributed by atoms with Gasteiger partial charge < -0.3 is 29.8 Å². The van der Waals surface area contributed by atoms with E-state index in [9.17, 15) is 4.79 Å². The van der Waals surface area contributed by atoms with Crippen LogP contribution in [0.5, 0.6) is 17.2 Å².